The molecule has 0 aromatic carbocycles. The predicted octanol–water partition coefficient (Wildman–Crippen LogP) is 1.84. The first kappa shape index (κ1) is 12.3. The second-order valence-corrected chi connectivity index (χ2v) is 5.31. The van der Waals surface area contributed by atoms with Gasteiger partial charge in [0.1, 0.15) is 11.0 Å². The van der Waals surface area contributed by atoms with Crippen molar-refractivity contribution in [1.29, 1.82) is 0 Å². The van der Waals surface area contributed by atoms with Gasteiger partial charge in [-0.05, 0) is 25.7 Å². The highest BCUT2D eigenvalue weighted by molar-refractivity contribution is 6.30. The van der Waals surface area contributed by atoms with Crippen LogP contribution >= 0.6 is 11.6 Å². The Balaban J connectivity index is 1.77. The van der Waals surface area contributed by atoms with Crippen LogP contribution in [0, 0.1) is 0 Å². The normalized spacial score (nSPS) is 20.7. The van der Waals surface area contributed by atoms with Crippen molar-refractivity contribution in [1.82, 2.24) is 14.9 Å². The minimum Gasteiger partial charge on any atom is -0.379 e. The Bertz CT molecular complexity index is 432. The molecule has 98 valence electrons. The molecule has 18 heavy (non-hydrogen) atoms. The average Bonchev–Trinajstić information content (AvgIpc) is 2.40. The van der Waals surface area contributed by atoms with Crippen molar-refractivity contribution < 1.29 is 4.74 Å². The molecule has 0 amide bonds. The van der Waals surface area contributed by atoms with Crippen molar-refractivity contribution >= 4 is 11.6 Å². The Labute approximate surface area is 112 Å². The van der Waals surface area contributed by atoms with E-state index in [-0.39, 0.29) is 0 Å². The van der Waals surface area contributed by atoms with E-state index in [0.29, 0.717) is 5.15 Å². The van der Waals surface area contributed by atoms with Gasteiger partial charge in [0.25, 0.3) is 0 Å². The molecule has 5 heteroatoms. The third-order valence-corrected chi connectivity index (χ3v) is 3.96. The van der Waals surface area contributed by atoms with E-state index in [1.54, 1.807) is 0 Å². The molecule has 0 saturated carbocycles. The molecule has 2 aliphatic rings. The maximum atomic E-state index is 6.27. The lowest BCUT2D eigenvalue weighted by Gasteiger charge is -2.26. The lowest BCUT2D eigenvalue weighted by Crippen LogP contribution is -2.36. The van der Waals surface area contributed by atoms with Gasteiger partial charge in [-0.25, -0.2) is 9.97 Å². The minimum absolute atomic E-state index is 0.669. The molecule has 1 aromatic rings. The molecule has 0 spiro atoms. The summed E-state index contributed by atoms with van der Waals surface area (Å²) in [6.45, 7) is 4.31. The van der Waals surface area contributed by atoms with Crippen LogP contribution in [-0.4, -0.2) is 41.2 Å². The van der Waals surface area contributed by atoms with E-state index >= 15 is 0 Å². The minimum atomic E-state index is 0.669. The molecule has 1 aliphatic heterocycles. The van der Waals surface area contributed by atoms with E-state index in [2.05, 4.69) is 9.88 Å². The fourth-order valence-electron chi connectivity index (χ4n) is 2.63. The summed E-state index contributed by atoms with van der Waals surface area (Å²) in [5.41, 5.74) is 2.35. The zero-order valence-electron chi connectivity index (χ0n) is 10.5. The van der Waals surface area contributed by atoms with Crippen LogP contribution in [0.25, 0.3) is 0 Å². The lowest BCUT2D eigenvalue weighted by atomic mass is 9.97. The summed E-state index contributed by atoms with van der Waals surface area (Å²) in [5.74, 6) is 0.863. The van der Waals surface area contributed by atoms with Crippen molar-refractivity contribution in [3.8, 4) is 0 Å². The Morgan fingerprint density at radius 2 is 1.89 bits per heavy atom. The van der Waals surface area contributed by atoms with Gasteiger partial charge in [-0.1, -0.05) is 11.6 Å². The van der Waals surface area contributed by atoms with E-state index in [1.165, 1.54) is 24.1 Å². The van der Waals surface area contributed by atoms with Crippen LogP contribution < -0.4 is 0 Å². The van der Waals surface area contributed by atoms with Crippen molar-refractivity contribution in [3.63, 3.8) is 0 Å². The molecule has 0 atom stereocenters. The molecule has 1 saturated heterocycles. The average molecular weight is 268 g/mol. The Morgan fingerprint density at radius 3 is 2.72 bits per heavy atom. The van der Waals surface area contributed by atoms with Crippen molar-refractivity contribution in [2.45, 2.75) is 32.2 Å². The first-order chi connectivity index (χ1) is 8.83. The zero-order chi connectivity index (χ0) is 12.4. The first-order valence-electron chi connectivity index (χ1n) is 6.67. The summed E-state index contributed by atoms with van der Waals surface area (Å²) < 4.78 is 5.34. The second kappa shape index (κ2) is 5.51. The number of aryl methyl sites for hydroxylation is 1. The van der Waals surface area contributed by atoms with Gasteiger partial charge < -0.3 is 4.74 Å². The predicted molar refractivity (Wildman–Crippen MR) is 69.8 cm³/mol. The van der Waals surface area contributed by atoms with Crippen LogP contribution in [0.15, 0.2) is 0 Å². The number of nitrogens with zero attached hydrogens (tertiary/aromatic N) is 3. The SMILES string of the molecule is Clc1nc(CN2CCOCC2)nc2c1CCCC2. The van der Waals surface area contributed by atoms with Crippen LogP contribution in [-0.2, 0) is 24.1 Å². The number of aromatic nitrogens is 2. The van der Waals surface area contributed by atoms with E-state index in [0.717, 1.165) is 51.5 Å². The van der Waals surface area contributed by atoms with Gasteiger partial charge in [-0.3, -0.25) is 4.90 Å². The number of rotatable bonds is 2. The first-order valence-corrected chi connectivity index (χ1v) is 7.05. The smallest absolute Gasteiger partial charge is 0.144 e. The molecule has 1 aliphatic carbocycles. The summed E-state index contributed by atoms with van der Waals surface area (Å²) in [6.07, 6.45) is 4.51. The van der Waals surface area contributed by atoms with Crippen molar-refractivity contribution in [2.24, 2.45) is 0 Å². The second-order valence-electron chi connectivity index (χ2n) is 4.95. The molecule has 1 aromatic heterocycles. The molecule has 0 unspecified atom stereocenters. The van der Waals surface area contributed by atoms with Crippen LogP contribution in [0.4, 0.5) is 0 Å². The topological polar surface area (TPSA) is 38.2 Å². The van der Waals surface area contributed by atoms with E-state index in [4.69, 9.17) is 21.3 Å². The van der Waals surface area contributed by atoms with Gasteiger partial charge >= 0.3 is 0 Å². The molecule has 0 N–H and O–H groups in total. The monoisotopic (exact) mass is 267 g/mol. The summed E-state index contributed by atoms with van der Waals surface area (Å²) in [6, 6.07) is 0. The molecule has 1 fully saturated rings. The Hall–Kier alpha value is -0.710. The highest BCUT2D eigenvalue weighted by Crippen LogP contribution is 2.25. The van der Waals surface area contributed by atoms with E-state index in [9.17, 15) is 0 Å². The van der Waals surface area contributed by atoms with Gasteiger partial charge in [-0.2, -0.15) is 0 Å². The fourth-order valence-corrected chi connectivity index (χ4v) is 2.93. The van der Waals surface area contributed by atoms with Gasteiger partial charge in [0, 0.05) is 24.3 Å². The highest BCUT2D eigenvalue weighted by Gasteiger charge is 2.18. The summed E-state index contributed by atoms with van der Waals surface area (Å²) >= 11 is 6.27. The van der Waals surface area contributed by atoms with Crippen LogP contribution in [0.5, 0.6) is 0 Å². The number of ether oxygens (including phenoxy) is 1. The van der Waals surface area contributed by atoms with E-state index in [1.807, 2.05) is 0 Å². The van der Waals surface area contributed by atoms with Gasteiger partial charge in [0.05, 0.1) is 19.8 Å². The third-order valence-electron chi connectivity index (χ3n) is 3.65. The molecule has 2 heterocycles. The summed E-state index contributed by atoms with van der Waals surface area (Å²) in [4.78, 5) is 11.5. The number of hydrogen-bond acceptors (Lipinski definition) is 4. The van der Waals surface area contributed by atoms with Gasteiger partial charge in [-0.15, -0.1) is 0 Å². The fraction of sp³-hybridized carbons (Fsp3) is 0.692. The maximum absolute atomic E-state index is 6.27. The third kappa shape index (κ3) is 2.66. The quantitative estimate of drug-likeness (QED) is 0.767. The van der Waals surface area contributed by atoms with Crippen LogP contribution in [0.1, 0.15) is 29.9 Å². The number of hydrogen-bond donors (Lipinski definition) is 0. The molecule has 3 rings (SSSR count). The number of morpholine rings is 1. The van der Waals surface area contributed by atoms with Crippen LogP contribution in [0.2, 0.25) is 5.15 Å². The van der Waals surface area contributed by atoms with Gasteiger partial charge in [0.2, 0.25) is 0 Å². The standard InChI is InChI=1S/C13H18ClN3O/c14-13-10-3-1-2-4-11(10)15-12(16-13)9-17-5-7-18-8-6-17/h1-9H2. The zero-order valence-corrected chi connectivity index (χ0v) is 11.2. The molecule has 4 nitrogen and oxygen atoms in total. The Morgan fingerprint density at radius 1 is 1.11 bits per heavy atom. The van der Waals surface area contributed by atoms with Crippen molar-refractivity contribution in [2.75, 3.05) is 26.3 Å². The number of fused-ring (bicyclic) bond motifs is 1. The van der Waals surface area contributed by atoms with E-state index < -0.39 is 0 Å². The summed E-state index contributed by atoms with van der Waals surface area (Å²) in [7, 11) is 0. The molecular weight excluding hydrogens is 250 g/mol. The molecule has 0 radical (unpaired) electrons. The lowest BCUT2D eigenvalue weighted by molar-refractivity contribution is 0.0330. The number of halogens is 1. The molecular formula is C13H18ClN3O. The summed E-state index contributed by atoms with van der Waals surface area (Å²) in [5, 5.41) is 0.669. The Kier molecular flexibility index (Phi) is 3.77. The van der Waals surface area contributed by atoms with Gasteiger partial charge in [0.15, 0.2) is 0 Å². The van der Waals surface area contributed by atoms with Crippen molar-refractivity contribution in [3.05, 3.63) is 22.2 Å². The maximum Gasteiger partial charge on any atom is 0.144 e. The molecule has 0 bridgehead atoms. The highest BCUT2D eigenvalue weighted by atomic mass is 35.5. The largest absolute Gasteiger partial charge is 0.379 e. The van der Waals surface area contributed by atoms with Crippen LogP contribution in [0.3, 0.4) is 0 Å².